The minimum Gasteiger partial charge on any atom is -0.258 e. The van der Waals surface area contributed by atoms with Gasteiger partial charge in [0.15, 0.2) is 0 Å². The average molecular weight is 353 g/mol. The van der Waals surface area contributed by atoms with E-state index >= 15 is 0 Å². The van der Waals surface area contributed by atoms with E-state index in [1.54, 1.807) is 12.1 Å². The highest BCUT2D eigenvalue weighted by Crippen LogP contribution is 2.16. The molecule has 136 valence electrons. The molecule has 0 aliphatic heterocycles. The van der Waals surface area contributed by atoms with Crippen LogP contribution < -0.4 is 0 Å². The number of hydrogen-bond acceptors (Lipinski definition) is 2. The topological polar surface area (TPSA) is 43.1 Å². The van der Waals surface area contributed by atoms with Crippen LogP contribution in [0.2, 0.25) is 0 Å². The lowest BCUT2D eigenvalue weighted by Crippen LogP contribution is -2.08. The van der Waals surface area contributed by atoms with Crippen LogP contribution in [0.4, 0.5) is 5.69 Å². The molecule has 0 heterocycles. The predicted molar refractivity (Wildman–Crippen MR) is 107 cm³/mol. The summed E-state index contributed by atoms with van der Waals surface area (Å²) < 4.78 is 0. The van der Waals surface area contributed by atoms with Gasteiger partial charge in [-0.1, -0.05) is 58.3 Å². The third-order valence-corrected chi connectivity index (χ3v) is 6.22. The van der Waals surface area contributed by atoms with Gasteiger partial charge in [-0.3, -0.25) is 10.1 Å². The Kier molecular flexibility index (Phi) is 11.6. The van der Waals surface area contributed by atoms with Gasteiger partial charge in [0.1, 0.15) is 11.5 Å². The molecule has 0 saturated carbocycles. The summed E-state index contributed by atoms with van der Waals surface area (Å²) in [5, 5.41) is 10.7. The van der Waals surface area contributed by atoms with Gasteiger partial charge in [0, 0.05) is 17.7 Å². The first-order chi connectivity index (χ1) is 11.6. The average Bonchev–Trinajstić information content (AvgIpc) is 2.57. The van der Waals surface area contributed by atoms with Gasteiger partial charge < -0.3 is 0 Å². The summed E-state index contributed by atoms with van der Waals surface area (Å²) in [6.45, 7) is 2.27. The molecule has 0 bridgehead atoms. The predicted octanol–water partition coefficient (Wildman–Crippen LogP) is 6.26. The van der Waals surface area contributed by atoms with E-state index in [1.165, 1.54) is 75.5 Å². The largest absolute Gasteiger partial charge is 0.269 e. The molecule has 0 N–H and O–H groups in total. The van der Waals surface area contributed by atoms with Crippen molar-refractivity contribution in [1.29, 1.82) is 0 Å². The normalized spacial score (nSPS) is 12.2. The van der Waals surface area contributed by atoms with Crippen LogP contribution in [0.5, 0.6) is 0 Å². The second kappa shape index (κ2) is 13.3. The fourth-order valence-corrected chi connectivity index (χ4v) is 4.51. The van der Waals surface area contributed by atoms with Crippen molar-refractivity contribution in [3.8, 4) is 0 Å². The van der Waals surface area contributed by atoms with E-state index in [2.05, 4.69) is 13.2 Å². The first kappa shape index (κ1) is 21.0. The molecule has 1 aromatic rings. The van der Waals surface area contributed by atoms with Crippen LogP contribution in [-0.4, -0.2) is 16.9 Å². The van der Waals surface area contributed by atoms with E-state index in [9.17, 15) is 10.1 Å². The van der Waals surface area contributed by atoms with Gasteiger partial charge in [-0.15, -0.1) is 0 Å². The van der Waals surface area contributed by atoms with E-state index in [0.29, 0.717) is 10.9 Å². The minimum atomic E-state index is -0.334. The van der Waals surface area contributed by atoms with E-state index in [0.717, 1.165) is 5.75 Å². The van der Waals surface area contributed by atoms with Crippen molar-refractivity contribution in [2.24, 2.45) is 0 Å². The van der Waals surface area contributed by atoms with E-state index in [4.69, 9.17) is 0 Å². The molecule has 0 fully saturated rings. The van der Waals surface area contributed by atoms with Crippen molar-refractivity contribution in [1.82, 2.24) is 0 Å². The SMILES string of the molecule is CCCCCCCCCCCC[S+](C)Cc1ccc([N+](=O)[O-])cc1. The van der Waals surface area contributed by atoms with Crippen LogP contribution in [0.25, 0.3) is 0 Å². The van der Waals surface area contributed by atoms with Crippen LogP contribution in [0.3, 0.4) is 0 Å². The van der Waals surface area contributed by atoms with Gasteiger partial charge in [0.2, 0.25) is 0 Å². The zero-order valence-electron chi connectivity index (χ0n) is 15.5. The molecule has 24 heavy (non-hydrogen) atoms. The summed E-state index contributed by atoms with van der Waals surface area (Å²) in [6, 6.07) is 7.04. The monoisotopic (exact) mass is 352 g/mol. The number of benzene rings is 1. The second-order valence-electron chi connectivity index (χ2n) is 6.74. The fourth-order valence-electron chi connectivity index (χ4n) is 2.91. The van der Waals surface area contributed by atoms with Crippen molar-refractivity contribution < 1.29 is 4.92 Å². The van der Waals surface area contributed by atoms with Crippen LogP contribution in [-0.2, 0) is 16.6 Å². The Morgan fingerprint density at radius 3 is 1.88 bits per heavy atom. The second-order valence-corrected chi connectivity index (χ2v) is 9.00. The lowest BCUT2D eigenvalue weighted by Gasteiger charge is -2.05. The fraction of sp³-hybridized carbons (Fsp3) is 0.700. The molecule has 1 aromatic carbocycles. The molecule has 3 nitrogen and oxygen atoms in total. The van der Waals surface area contributed by atoms with Crippen LogP contribution in [0, 0.1) is 10.1 Å². The van der Waals surface area contributed by atoms with Crippen LogP contribution in [0.1, 0.15) is 76.7 Å². The molecular formula is C20H34NO2S+. The molecule has 1 atom stereocenters. The summed E-state index contributed by atoms with van der Waals surface area (Å²) >= 11 is 0. The molecule has 0 saturated heterocycles. The van der Waals surface area contributed by atoms with Gasteiger partial charge >= 0.3 is 0 Å². The maximum absolute atomic E-state index is 10.7. The molecule has 0 aliphatic carbocycles. The third-order valence-electron chi connectivity index (χ3n) is 4.41. The molecule has 1 rings (SSSR count). The Labute approximate surface area is 150 Å². The Balaban J connectivity index is 2.01. The van der Waals surface area contributed by atoms with Crippen molar-refractivity contribution >= 4 is 16.6 Å². The smallest absolute Gasteiger partial charge is 0.258 e. The van der Waals surface area contributed by atoms with Crippen molar-refractivity contribution in [3.63, 3.8) is 0 Å². The minimum absolute atomic E-state index is 0.185. The van der Waals surface area contributed by atoms with Crippen molar-refractivity contribution in [2.75, 3.05) is 12.0 Å². The number of nitro benzene ring substituents is 1. The Morgan fingerprint density at radius 2 is 1.38 bits per heavy atom. The highest BCUT2D eigenvalue weighted by molar-refractivity contribution is 7.95. The van der Waals surface area contributed by atoms with E-state index < -0.39 is 0 Å². The summed E-state index contributed by atoms with van der Waals surface area (Å²) in [7, 11) is 0.379. The molecular weight excluding hydrogens is 318 g/mol. The van der Waals surface area contributed by atoms with Gasteiger partial charge in [-0.05, 0) is 35.9 Å². The van der Waals surface area contributed by atoms with Crippen LogP contribution >= 0.6 is 0 Å². The summed E-state index contributed by atoms with van der Waals surface area (Å²) in [6.07, 6.45) is 16.1. The number of nitrogens with zero attached hydrogens (tertiary/aromatic N) is 1. The van der Waals surface area contributed by atoms with Gasteiger partial charge in [-0.2, -0.15) is 0 Å². The molecule has 4 heteroatoms. The van der Waals surface area contributed by atoms with E-state index in [1.807, 2.05) is 12.1 Å². The maximum Gasteiger partial charge on any atom is 0.269 e. The number of unbranched alkanes of at least 4 members (excludes halogenated alkanes) is 9. The quantitative estimate of drug-likeness (QED) is 0.171. The summed E-state index contributed by atoms with van der Waals surface area (Å²) in [4.78, 5) is 10.3. The lowest BCUT2D eigenvalue weighted by molar-refractivity contribution is -0.384. The molecule has 0 aromatic heterocycles. The van der Waals surface area contributed by atoms with Gasteiger partial charge in [0.05, 0.1) is 11.2 Å². The van der Waals surface area contributed by atoms with E-state index in [-0.39, 0.29) is 10.6 Å². The molecule has 0 aliphatic rings. The van der Waals surface area contributed by atoms with Crippen molar-refractivity contribution in [2.45, 2.75) is 76.9 Å². The maximum atomic E-state index is 10.7. The summed E-state index contributed by atoms with van der Waals surface area (Å²) in [5.41, 5.74) is 1.41. The zero-order chi connectivity index (χ0) is 17.6. The molecule has 0 amide bonds. The first-order valence-electron chi connectivity index (χ1n) is 9.46. The molecule has 1 unspecified atom stereocenters. The van der Waals surface area contributed by atoms with Gasteiger partial charge in [-0.25, -0.2) is 0 Å². The summed E-state index contributed by atoms with van der Waals surface area (Å²) in [5.74, 6) is 2.34. The number of hydrogen-bond donors (Lipinski definition) is 0. The Morgan fingerprint density at radius 1 is 0.875 bits per heavy atom. The van der Waals surface area contributed by atoms with Crippen LogP contribution in [0.15, 0.2) is 24.3 Å². The standard InChI is InChI=1S/C20H34NO2S/c1-3-4-5-6-7-8-9-10-11-12-17-24(2)18-19-13-15-20(16-14-19)21(22)23/h13-16H,3-12,17-18H2,1-2H3/q+1. The first-order valence-corrected chi connectivity index (χ1v) is 11.4. The number of non-ortho nitro benzene ring substituents is 1. The lowest BCUT2D eigenvalue weighted by atomic mass is 10.1. The van der Waals surface area contributed by atoms with Gasteiger partial charge in [0.25, 0.3) is 5.69 Å². The Hall–Kier alpha value is -1.03. The Bertz CT molecular complexity index is 447. The molecule has 0 radical (unpaired) electrons. The highest BCUT2D eigenvalue weighted by Gasteiger charge is 2.13. The molecule has 0 spiro atoms. The zero-order valence-corrected chi connectivity index (χ0v) is 16.3. The number of nitro groups is 1. The number of rotatable bonds is 14. The highest BCUT2D eigenvalue weighted by atomic mass is 32.2. The third kappa shape index (κ3) is 9.96. The van der Waals surface area contributed by atoms with Crippen molar-refractivity contribution in [3.05, 3.63) is 39.9 Å².